The molecule has 0 saturated heterocycles. The monoisotopic (exact) mass is 192 g/mol. The molecule has 1 rings (SSSR count). The van der Waals surface area contributed by atoms with E-state index >= 15 is 0 Å². The summed E-state index contributed by atoms with van der Waals surface area (Å²) < 4.78 is 5.01. The summed E-state index contributed by atoms with van der Waals surface area (Å²) in [5.74, 6) is 3.00. The summed E-state index contributed by atoms with van der Waals surface area (Å²) in [6.07, 6.45) is 2.33. The maximum atomic E-state index is 9.30. The van der Waals surface area contributed by atoms with E-state index in [4.69, 9.17) is 9.84 Å². The van der Waals surface area contributed by atoms with E-state index in [0.29, 0.717) is 5.75 Å². The van der Waals surface area contributed by atoms with Gasteiger partial charge in [-0.25, -0.2) is 0 Å². The second-order valence-corrected chi connectivity index (χ2v) is 3.07. The van der Waals surface area contributed by atoms with Gasteiger partial charge in [-0.2, -0.15) is 0 Å². The highest BCUT2D eigenvalue weighted by atomic mass is 16.5. The predicted molar refractivity (Wildman–Crippen MR) is 52.6 cm³/mol. The van der Waals surface area contributed by atoms with Crippen molar-refractivity contribution in [1.29, 1.82) is 0 Å². The summed E-state index contributed by atoms with van der Waals surface area (Å²) in [5.41, 5.74) is -1.41. The number of ether oxygens (including phenoxy) is 1. The van der Waals surface area contributed by atoms with E-state index in [9.17, 15) is 5.11 Å². The third-order valence-electron chi connectivity index (χ3n) is 1.54. The molecular formula is C11H12O3. The third-order valence-corrected chi connectivity index (χ3v) is 1.54. The number of hydrogen-bond donors (Lipinski definition) is 2. The van der Waals surface area contributed by atoms with Crippen LogP contribution in [0, 0.1) is 12.0 Å². The molecule has 0 heterocycles. The summed E-state index contributed by atoms with van der Waals surface area (Å²) in [6, 6.07) is 9.01. The van der Waals surface area contributed by atoms with Crippen LogP contribution in [0.3, 0.4) is 0 Å². The molecule has 0 spiro atoms. The standard InChI is InChI=1S/C11H12O3/c1-11(13,9-12)7-8-14-10-5-3-2-4-6-10/h2-6,12-13H,9H2,1H3. The molecule has 0 amide bonds. The molecule has 1 unspecified atom stereocenters. The van der Waals surface area contributed by atoms with Crippen LogP contribution in [-0.4, -0.2) is 22.4 Å². The minimum Gasteiger partial charge on any atom is -0.407 e. The summed E-state index contributed by atoms with van der Waals surface area (Å²) in [4.78, 5) is 0. The Kier molecular flexibility index (Phi) is 3.52. The lowest BCUT2D eigenvalue weighted by molar-refractivity contribution is 0.0513. The van der Waals surface area contributed by atoms with Crippen molar-refractivity contribution in [3.05, 3.63) is 30.3 Å². The Bertz CT molecular complexity index is 333. The van der Waals surface area contributed by atoms with Crippen molar-refractivity contribution in [3.8, 4) is 17.8 Å². The summed E-state index contributed by atoms with van der Waals surface area (Å²) in [5, 5.41) is 18.0. The van der Waals surface area contributed by atoms with Crippen LogP contribution in [0.25, 0.3) is 0 Å². The number of rotatable bonds is 2. The van der Waals surface area contributed by atoms with Gasteiger partial charge in [0.05, 0.1) is 6.61 Å². The maximum absolute atomic E-state index is 9.30. The number of aliphatic hydroxyl groups is 2. The van der Waals surface area contributed by atoms with E-state index in [1.54, 1.807) is 12.1 Å². The quantitative estimate of drug-likeness (QED) is 0.680. The zero-order valence-corrected chi connectivity index (χ0v) is 7.90. The van der Waals surface area contributed by atoms with Crippen LogP contribution in [0.2, 0.25) is 0 Å². The zero-order valence-electron chi connectivity index (χ0n) is 7.90. The topological polar surface area (TPSA) is 49.7 Å². The van der Waals surface area contributed by atoms with E-state index in [0.717, 1.165) is 0 Å². The highest BCUT2D eigenvalue weighted by Crippen LogP contribution is 2.07. The molecule has 3 nitrogen and oxygen atoms in total. The smallest absolute Gasteiger partial charge is 0.148 e. The summed E-state index contributed by atoms with van der Waals surface area (Å²) in [7, 11) is 0. The van der Waals surface area contributed by atoms with Crippen molar-refractivity contribution >= 4 is 0 Å². The lowest BCUT2D eigenvalue weighted by Gasteiger charge is -2.10. The van der Waals surface area contributed by atoms with Gasteiger partial charge in [0.2, 0.25) is 0 Å². The minimum atomic E-state index is -1.41. The van der Waals surface area contributed by atoms with Gasteiger partial charge in [-0.15, -0.1) is 0 Å². The first kappa shape index (κ1) is 10.6. The van der Waals surface area contributed by atoms with Crippen LogP contribution in [-0.2, 0) is 0 Å². The molecule has 0 aromatic heterocycles. The fourth-order valence-electron chi connectivity index (χ4n) is 0.722. The maximum Gasteiger partial charge on any atom is 0.148 e. The van der Waals surface area contributed by atoms with E-state index in [1.165, 1.54) is 6.92 Å². The average molecular weight is 192 g/mol. The van der Waals surface area contributed by atoms with Crippen molar-refractivity contribution in [1.82, 2.24) is 0 Å². The molecule has 1 atom stereocenters. The molecule has 3 heteroatoms. The third kappa shape index (κ3) is 3.48. The van der Waals surface area contributed by atoms with Crippen LogP contribution >= 0.6 is 0 Å². The van der Waals surface area contributed by atoms with Gasteiger partial charge in [0.25, 0.3) is 0 Å². The number of aliphatic hydroxyl groups excluding tert-OH is 1. The first-order chi connectivity index (χ1) is 6.64. The van der Waals surface area contributed by atoms with Gasteiger partial charge in [-0.3, -0.25) is 0 Å². The SMILES string of the molecule is CC(O)(C#COc1ccccc1)CO. The molecule has 0 aliphatic rings. The Morgan fingerprint density at radius 2 is 2.00 bits per heavy atom. The molecular weight excluding hydrogens is 180 g/mol. The van der Waals surface area contributed by atoms with Crippen LogP contribution in [0.1, 0.15) is 6.92 Å². The Hall–Kier alpha value is -1.50. The van der Waals surface area contributed by atoms with Crippen LogP contribution in [0.5, 0.6) is 5.75 Å². The fourth-order valence-corrected chi connectivity index (χ4v) is 0.722. The number of para-hydroxylation sites is 1. The molecule has 14 heavy (non-hydrogen) atoms. The normalized spacial score (nSPS) is 13.6. The molecule has 0 radical (unpaired) electrons. The van der Waals surface area contributed by atoms with E-state index in [1.807, 2.05) is 18.2 Å². The van der Waals surface area contributed by atoms with Crippen molar-refractivity contribution in [2.75, 3.05) is 6.61 Å². The molecule has 0 bridgehead atoms. The Labute approximate surface area is 83.0 Å². The lowest BCUT2D eigenvalue weighted by Crippen LogP contribution is -2.26. The average Bonchev–Trinajstić information content (AvgIpc) is 2.19. The molecule has 0 aliphatic heterocycles. The number of hydrogen-bond acceptors (Lipinski definition) is 3. The predicted octanol–water partition coefficient (Wildman–Crippen LogP) is 0.770. The van der Waals surface area contributed by atoms with Gasteiger partial charge in [-0.05, 0) is 25.0 Å². The number of benzene rings is 1. The van der Waals surface area contributed by atoms with Gasteiger partial charge in [0.1, 0.15) is 17.5 Å². The molecule has 1 aromatic carbocycles. The van der Waals surface area contributed by atoms with Crippen molar-refractivity contribution < 1.29 is 14.9 Å². The summed E-state index contributed by atoms with van der Waals surface area (Å²) in [6.45, 7) is 0.993. The van der Waals surface area contributed by atoms with Gasteiger partial charge in [0.15, 0.2) is 0 Å². The lowest BCUT2D eigenvalue weighted by atomic mass is 10.1. The summed E-state index contributed by atoms with van der Waals surface area (Å²) >= 11 is 0. The minimum absolute atomic E-state index is 0.419. The van der Waals surface area contributed by atoms with Crippen LogP contribution in [0.4, 0.5) is 0 Å². The molecule has 1 aromatic rings. The van der Waals surface area contributed by atoms with Crippen molar-refractivity contribution in [2.24, 2.45) is 0 Å². The fraction of sp³-hybridized carbons (Fsp3) is 0.273. The van der Waals surface area contributed by atoms with Gasteiger partial charge in [-0.1, -0.05) is 18.2 Å². The first-order valence-corrected chi connectivity index (χ1v) is 4.21. The van der Waals surface area contributed by atoms with Gasteiger partial charge >= 0.3 is 0 Å². The van der Waals surface area contributed by atoms with E-state index < -0.39 is 12.2 Å². The molecule has 0 saturated carbocycles. The molecule has 0 aliphatic carbocycles. The second-order valence-electron chi connectivity index (χ2n) is 3.07. The highest BCUT2D eigenvalue weighted by molar-refractivity contribution is 5.23. The second kappa shape index (κ2) is 4.66. The zero-order chi connectivity index (χ0) is 10.4. The Morgan fingerprint density at radius 1 is 1.36 bits per heavy atom. The molecule has 74 valence electrons. The van der Waals surface area contributed by atoms with Crippen molar-refractivity contribution in [2.45, 2.75) is 12.5 Å². The first-order valence-electron chi connectivity index (χ1n) is 4.21. The Balaban J connectivity index is 2.56. The van der Waals surface area contributed by atoms with E-state index in [-0.39, 0.29) is 0 Å². The largest absolute Gasteiger partial charge is 0.407 e. The van der Waals surface area contributed by atoms with Gasteiger partial charge in [0, 0.05) is 0 Å². The van der Waals surface area contributed by atoms with E-state index in [2.05, 4.69) is 12.0 Å². The van der Waals surface area contributed by atoms with Crippen LogP contribution < -0.4 is 4.74 Å². The van der Waals surface area contributed by atoms with Crippen LogP contribution in [0.15, 0.2) is 30.3 Å². The highest BCUT2D eigenvalue weighted by Gasteiger charge is 2.14. The molecule has 2 N–H and O–H groups in total. The van der Waals surface area contributed by atoms with Crippen molar-refractivity contribution in [3.63, 3.8) is 0 Å². The van der Waals surface area contributed by atoms with Gasteiger partial charge < -0.3 is 14.9 Å². The Morgan fingerprint density at radius 3 is 2.57 bits per heavy atom. The molecule has 0 fully saturated rings.